The van der Waals surface area contributed by atoms with Crippen molar-refractivity contribution in [1.82, 2.24) is 25.0 Å². The standard InChI is InChI=1S/C42H52N6O3/c1-25-31(26(2)44-36(25)22-38-39(51-4)23-37(45-38)35-11-6-18-43-35)10-7-19-48-24-29(46-47-48)9-5-8-27-20-28-21-30(49)12-13-32(28)33-16-17-42(3)34(41(27)33)14-15-40(42)50/h6,11-13,18,21-24,27,33-34,40-41,43-44,49-50H,5,7-10,14-17,19-20H2,1-4H3/b38-22-/t27-,33?,34+,40+,41?,42+/m1/s1. The molecule has 3 aliphatic carbocycles. The van der Waals surface area contributed by atoms with E-state index in [4.69, 9.17) is 9.73 Å². The number of nitrogens with one attached hydrogen (secondary N) is 2. The Balaban J connectivity index is 0.881. The van der Waals surface area contributed by atoms with E-state index < -0.39 is 0 Å². The minimum absolute atomic E-state index is 0.0368. The van der Waals surface area contributed by atoms with Crippen molar-refractivity contribution in [2.45, 2.75) is 104 Å². The molecular formula is C42H52N6O3. The van der Waals surface area contributed by atoms with Crippen LogP contribution in [-0.2, 0) is 30.5 Å². The smallest absolute Gasteiger partial charge is 0.146 e. The van der Waals surface area contributed by atoms with Gasteiger partial charge in [-0.25, -0.2) is 4.99 Å². The van der Waals surface area contributed by atoms with E-state index in [1.165, 1.54) is 27.9 Å². The first kappa shape index (κ1) is 33.8. The third-order valence-corrected chi connectivity index (χ3v) is 13.0. The molecular weight excluding hydrogens is 637 g/mol. The molecule has 0 saturated heterocycles. The zero-order valence-corrected chi connectivity index (χ0v) is 30.5. The van der Waals surface area contributed by atoms with Gasteiger partial charge in [0.15, 0.2) is 0 Å². The molecule has 268 valence electrons. The second-order valence-corrected chi connectivity index (χ2v) is 15.8. The molecule has 0 radical (unpaired) electrons. The number of benzene rings is 1. The lowest BCUT2D eigenvalue weighted by Gasteiger charge is -2.53. The average Bonchev–Trinajstić information content (AvgIpc) is 3.96. The van der Waals surface area contributed by atoms with Crippen LogP contribution in [0.5, 0.6) is 5.75 Å². The highest BCUT2D eigenvalue weighted by Crippen LogP contribution is 2.62. The number of aromatic nitrogens is 5. The minimum Gasteiger partial charge on any atom is -0.508 e. The number of aromatic hydroxyl groups is 1. The number of fused-ring (bicyclic) bond motifs is 5. The highest BCUT2D eigenvalue weighted by Gasteiger charge is 2.56. The maximum Gasteiger partial charge on any atom is 0.146 e. The van der Waals surface area contributed by atoms with Crippen LogP contribution in [0.15, 0.2) is 65.3 Å². The van der Waals surface area contributed by atoms with E-state index in [0.29, 0.717) is 29.4 Å². The van der Waals surface area contributed by atoms with Crippen molar-refractivity contribution in [3.8, 4) is 5.75 Å². The first-order chi connectivity index (χ1) is 24.7. The Morgan fingerprint density at radius 2 is 2.00 bits per heavy atom. The molecule has 4 aromatic rings. The second-order valence-electron chi connectivity index (χ2n) is 15.8. The van der Waals surface area contributed by atoms with E-state index >= 15 is 0 Å². The first-order valence-corrected chi connectivity index (χ1v) is 19.0. The number of aryl methyl sites for hydroxylation is 3. The van der Waals surface area contributed by atoms with Crippen molar-refractivity contribution in [3.63, 3.8) is 0 Å². The lowest BCUT2D eigenvalue weighted by atomic mass is 9.52. The zero-order valence-electron chi connectivity index (χ0n) is 30.5. The van der Waals surface area contributed by atoms with Crippen molar-refractivity contribution in [2.24, 2.45) is 28.2 Å². The number of nitrogens with zero attached hydrogens (tertiary/aromatic N) is 4. The highest BCUT2D eigenvalue weighted by atomic mass is 16.5. The molecule has 4 aliphatic rings. The van der Waals surface area contributed by atoms with Gasteiger partial charge in [-0.2, -0.15) is 0 Å². The summed E-state index contributed by atoms with van der Waals surface area (Å²) in [7, 11) is 1.69. The number of rotatable bonds is 11. The molecule has 3 aromatic heterocycles. The van der Waals surface area contributed by atoms with Gasteiger partial charge in [0, 0.05) is 36.4 Å². The predicted molar refractivity (Wildman–Crippen MR) is 200 cm³/mol. The van der Waals surface area contributed by atoms with Crippen molar-refractivity contribution in [2.75, 3.05) is 7.11 Å². The third-order valence-electron chi connectivity index (χ3n) is 13.0. The molecule has 9 nitrogen and oxygen atoms in total. The second kappa shape index (κ2) is 13.6. The lowest BCUT2D eigenvalue weighted by molar-refractivity contribution is -0.0395. The lowest BCUT2D eigenvalue weighted by Crippen LogP contribution is -2.47. The quantitative estimate of drug-likeness (QED) is 0.128. The van der Waals surface area contributed by atoms with Gasteiger partial charge in [-0.05, 0) is 160 Å². The van der Waals surface area contributed by atoms with E-state index in [2.05, 4.69) is 59.4 Å². The van der Waals surface area contributed by atoms with Crippen LogP contribution in [-0.4, -0.2) is 54.1 Å². The molecule has 9 heteroatoms. The number of H-pyrrole nitrogens is 2. The van der Waals surface area contributed by atoms with Crippen LogP contribution in [0.2, 0.25) is 0 Å². The molecule has 4 heterocycles. The molecule has 0 bridgehead atoms. The fourth-order valence-corrected chi connectivity index (χ4v) is 10.3. The molecule has 0 spiro atoms. The van der Waals surface area contributed by atoms with Crippen LogP contribution >= 0.6 is 0 Å². The molecule has 2 fully saturated rings. The van der Waals surface area contributed by atoms with Gasteiger partial charge in [-0.15, -0.1) is 5.10 Å². The Bertz CT molecular complexity index is 1980. The summed E-state index contributed by atoms with van der Waals surface area (Å²) in [4.78, 5) is 11.6. The van der Waals surface area contributed by atoms with Gasteiger partial charge < -0.3 is 24.9 Å². The molecule has 1 aromatic carbocycles. The van der Waals surface area contributed by atoms with Crippen LogP contribution in [0.4, 0.5) is 0 Å². The van der Waals surface area contributed by atoms with E-state index in [-0.39, 0.29) is 11.5 Å². The molecule has 1 aliphatic heterocycles. The molecule has 4 N–H and O–H groups in total. The Morgan fingerprint density at radius 3 is 2.82 bits per heavy atom. The monoisotopic (exact) mass is 688 g/mol. The summed E-state index contributed by atoms with van der Waals surface area (Å²) in [5.41, 5.74) is 11.4. The zero-order chi connectivity index (χ0) is 35.3. The summed E-state index contributed by atoms with van der Waals surface area (Å²) in [5.74, 6) is 3.38. The number of aliphatic hydroxyl groups excluding tert-OH is 1. The van der Waals surface area contributed by atoms with E-state index in [9.17, 15) is 10.2 Å². The fraction of sp³-hybridized carbons (Fsp3) is 0.500. The van der Waals surface area contributed by atoms with Gasteiger partial charge in [0.1, 0.15) is 17.2 Å². The molecule has 51 heavy (non-hydrogen) atoms. The number of phenolic OH excluding ortho intramolecular Hbond substituents is 1. The van der Waals surface area contributed by atoms with Crippen molar-refractivity contribution >= 4 is 11.8 Å². The average molecular weight is 689 g/mol. The maximum atomic E-state index is 11.0. The van der Waals surface area contributed by atoms with E-state index in [1.54, 1.807) is 7.11 Å². The number of phenols is 1. The number of hydrogen-bond donors (Lipinski definition) is 4. The van der Waals surface area contributed by atoms with Crippen molar-refractivity contribution in [1.29, 1.82) is 0 Å². The molecule has 6 atom stereocenters. The van der Waals surface area contributed by atoms with E-state index in [1.807, 2.05) is 41.2 Å². The molecule has 0 amide bonds. The highest BCUT2D eigenvalue weighted by molar-refractivity contribution is 6.11. The molecule has 2 unspecified atom stereocenters. The summed E-state index contributed by atoms with van der Waals surface area (Å²) in [6.07, 6.45) is 18.3. The van der Waals surface area contributed by atoms with Crippen LogP contribution in [0.1, 0.15) is 103 Å². The summed E-state index contributed by atoms with van der Waals surface area (Å²) < 4.78 is 7.65. The summed E-state index contributed by atoms with van der Waals surface area (Å²) in [6, 6.07) is 10.0. The largest absolute Gasteiger partial charge is 0.508 e. The Labute approximate surface area is 300 Å². The van der Waals surface area contributed by atoms with Gasteiger partial charge in [-0.3, -0.25) is 4.68 Å². The van der Waals surface area contributed by atoms with Crippen LogP contribution < -0.4 is 0 Å². The van der Waals surface area contributed by atoms with Gasteiger partial charge in [-0.1, -0.05) is 18.2 Å². The van der Waals surface area contributed by atoms with Crippen LogP contribution in [0.3, 0.4) is 0 Å². The summed E-state index contributed by atoms with van der Waals surface area (Å²) in [6.45, 7) is 7.50. The number of hydrogen-bond acceptors (Lipinski definition) is 6. The Hall–Kier alpha value is -4.37. The van der Waals surface area contributed by atoms with E-state index in [0.717, 1.165) is 105 Å². The number of aliphatic imine (C=N–C) groups is 1. The van der Waals surface area contributed by atoms with Gasteiger partial charge >= 0.3 is 0 Å². The first-order valence-electron chi connectivity index (χ1n) is 19.0. The number of allylic oxidation sites excluding steroid dienone is 1. The van der Waals surface area contributed by atoms with Crippen molar-refractivity contribution in [3.05, 3.63) is 105 Å². The van der Waals surface area contributed by atoms with Crippen LogP contribution in [0, 0.1) is 37.0 Å². The maximum absolute atomic E-state index is 11.0. The third kappa shape index (κ3) is 6.28. The Morgan fingerprint density at radius 1 is 1.12 bits per heavy atom. The number of aliphatic hydroxyl groups is 1. The van der Waals surface area contributed by atoms with Gasteiger partial charge in [0.05, 0.1) is 30.3 Å². The van der Waals surface area contributed by atoms with Crippen molar-refractivity contribution < 1.29 is 14.9 Å². The number of ether oxygens (including phenoxy) is 1. The van der Waals surface area contributed by atoms with Crippen LogP contribution in [0.25, 0.3) is 6.08 Å². The minimum atomic E-state index is -0.179. The molecule has 2 saturated carbocycles. The SMILES string of the molecule is COC1=CC(c2ccc[nH]2)=N/C1=C\c1[nH]c(C)c(CCCn2cc(CCC[C@@H]3Cc4cc(O)ccc4C4CC[C@]5(C)[C@@H](O)CC[C@H]5C43)nn2)c1C. The van der Waals surface area contributed by atoms with Gasteiger partial charge in [0.25, 0.3) is 0 Å². The predicted octanol–water partition coefficient (Wildman–Crippen LogP) is 7.73. The normalized spacial score (nSPS) is 27.6. The Kier molecular flexibility index (Phi) is 9.03. The summed E-state index contributed by atoms with van der Waals surface area (Å²) in [5, 5.41) is 30.4. The van der Waals surface area contributed by atoms with Gasteiger partial charge in [0.2, 0.25) is 0 Å². The topological polar surface area (TPSA) is 124 Å². The number of aromatic amines is 2. The summed E-state index contributed by atoms with van der Waals surface area (Å²) >= 11 is 0. The fourth-order valence-electron chi connectivity index (χ4n) is 10.3. The molecule has 8 rings (SSSR count). The number of methoxy groups -OCH3 is 1.